The van der Waals surface area contributed by atoms with Gasteiger partial charge in [-0.1, -0.05) is 35.9 Å². The zero-order valence-corrected chi connectivity index (χ0v) is 43.9. The molecule has 2 aromatic heterocycles. The maximum Gasteiger partial charge on any atom is 0.355 e. The Morgan fingerprint density at radius 1 is 0.849 bits per heavy atom. The molecule has 18 heteroatoms. The third-order valence-corrected chi connectivity index (χ3v) is 14.1. The van der Waals surface area contributed by atoms with E-state index in [0.717, 1.165) is 91.8 Å². The normalized spacial score (nSPS) is 16.4. The van der Waals surface area contributed by atoms with Crippen molar-refractivity contribution in [1.29, 1.82) is 0 Å². The third kappa shape index (κ3) is 12.1. The van der Waals surface area contributed by atoms with Crippen LogP contribution in [0.5, 0.6) is 5.75 Å². The van der Waals surface area contributed by atoms with Crippen molar-refractivity contribution >= 4 is 57.8 Å². The molecular weight excluding hydrogens is 954 g/mol. The van der Waals surface area contributed by atoms with Crippen molar-refractivity contribution in [3.63, 3.8) is 0 Å². The van der Waals surface area contributed by atoms with E-state index < -0.39 is 35.3 Å². The zero-order chi connectivity index (χ0) is 52.0. The van der Waals surface area contributed by atoms with Crippen molar-refractivity contribution in [3.05, 3.63) is 98.5 Å². The molecule has 5 aromatic rings. The van der Waals surface area contributed by atoms with Crippen molar-refractivity contribution < 1.29 is 47.7 Å². The Morgan fingerprint density at radius 3 is 2.29 bits per heavy atom. The van der Waals surface area contributed by atoms with Gasteiger partial charge >= 0.3 is 5.97 Å². The average Bonchev–Trinajstić information content (AvgIpc) is 3.92. The Hall–Kier alpha value is -6.11. The lowest BCUT2D eigenvalue weighted by Gasteiger charge is -2.27. The number of aromatic nitrogens is 3. The Labute approximate surface area is 431 Å². The highest BCUT2D eigenvalue weighted by atomic mass is 35.5. The molecule has 2 saturated heterocycles. The first-order chi connectivity index (χ1) is 35.0. The average molecular weight is 1020 g/mol. The second-order valence-corrected chi connectivity index (χ2v) is 20.3. The molecule has 17 nitrogen and oxygen atoms in total. The molecule has 0 bridgehead atoms. The molecule has 8 rings (SSSR count). The van der Waals surface area contributed by atoms with Crippen LogP contribution >= 0.6 is 11.6 Å². The summed E-state index contributed by atoms with van der Waals surface area (Å²) < 4.78 is 34.1. The van der Waals surface area contributed by atoms with Crippen LogP contribution in [0.4, 0.5) is 5.69 Å². The van der Waals surface area contributed by atoms with E-state index >= 15 is 0 Å². The number of anilines is 1. The van der Waals surface area contributed by atoms with Crippen LogP contribution in [0.25, 0.3) is 22.0 Å². The number of imide groups is 2. The molecule has 1 unspecified atom stereocenters. The summed E-state index contributed by atoms with van der Waals surface area (Å²) in [4.78, 5) is 68.6. The first kappa shape index (κ1) is 53.2. The van der Waals surface area contributed by atoms with Gasteiger partial charge in [0.15, 0.2) is 0 Å². The van der Waals surface area contributed by atoms with Crippen LogP contribution in [0.15, 0.2) is 48.5 Å². The van der Waals surface area contributed by atoms with Gasteiger partial charge in [0.05, 0.1) is 62.0 Å². The molecule has 3 aliphatic rings. The van der Waals surface area contributed by atoms with Gasteiger partial charge in [-0.2, -0.15) is 5.10 Å². The Kier molecular flexibility index (Phi) is 17.0. The fourth-order valence-corrected chi connectivity index (χ4v) is 10.2. The van der Waals surface area contributed by atoms with E-state index in [4.69, 9.17) is 40.4 Å². The minimum Gasteiger partial charge on any atom is -0.494 e. The number of carbonyl (C=O) groups is 5. The fourth-order valence-electron chi connectivity index (χ4n) is 10.1. The van der Waals surface area contributed by atoms with E-state index in [9.17, 15) is 24.0 Å². The largest absolute Gasteiger partial charge is 0.494 e. The van der Waals surface area contributed by atoms with Crippen molar-refractivity contribution in [2.45, 2.75) is 105 Å². The standard InChI is InChI=1S/C55H68ClN7O10/c1-34-32-38(33-35(2)48(34)56)72-26-10-15-40-39-12-8-13-41(49(39)61(22-21-60-23-28-71-29-24-60)50(40)54(68)73-55(5,6)7)46-36(3)59-62(37(46)4)20-11-25-69-30-31-70-27-19-57-43-16-9-14-42-47(43)53(67)63(52(42)66)44-17-18-45(64)58-51(44)65/h8-9,12-14,16,32-33,44,57H,10-11,15,17-31H2,1-7H3,(H,58,64,65). The lowest BCUT2D eigenvalue weighted by atomic mass is 9.98. The monoisotopic (exact) mass is 1020 g/mol. The maximum absolute atomic E-state index is 14.5. The number of amides is 4. The lowest BCUT2D eigenvalue weighted by molar-refractivity contribution is -0.136. The topological polar surface area (TPSA) is 185 Å². The van der Waals surface area contributed by atoms with E-state index in [1.54, 1.807) is 18.2 Å². The van der Waals surface area contributed by atoms with Crippen LogP contribution in [0.3, 0.4) is 0 Å². The summed E-state index contributed by atoms with van der Waals surface area (Å²) in [5.41, 5.74) is 8.54. The quantitative estimate of drug-likeness (QED) is 0.0392. The molecule has 0 spiro atoms. The predicted molar refractivity (Wildman–Crippen MR) is 278 cm³/mol. The zero-order valence-electron chi connectivity index (χ0n) is 43.1. The molecule has 3 aliphatic heterocycles. The van der Waals surface area contributed by atoms with Crippen LogP contribution in [-0.4, -0.2) is 138 Å². The van der Waals surface area contributed by atoms with E-state index in [-0.39, 0.29) is 29.9 Å². The van der Waals surface area contributed by atoms with Crippen LogP contribution in [0.1, 0.15) is 106 Å². The summed E-state index contributed by atoms with van der Waals surface area (Å²) in [7, 11) is 0. The number of halogens is 1. The number of para-hydroxylation sites is 1. The molecule has 3 aromatic carbocycles. The predicted octanol–water partition coefficient (Wildman–Crippen LogP) is 7.63. The van der Waals surface area contributed by atoms with Crippen LogP contribution in [0.2, 0.25) is 5.02 Å². The highest BCUT2D eigenvalue weighted by Gasteiger charge is 2.45. The number of hydrogen-bond acceptors (Lipinski definition) is 13. The number of ether oxygens (including phenoxy) is 5. The fraction of sp³-hybridized carbons (Fsp3) is 0.491. The number of rotatable bonds is 22. The molecule has 2 fully saturated rings. The summed E-state index contributed by atoms with van der Waals surface area (Å²) >= 11 is 6.45. The first-order valence-electron chi connectivity index (χ1n) is 25.4. The number of nitrogens with zero attached hydrogens (tertiary/aromatic N) is 5. The van der Waals surface area contributed by atoms with Crippen molar-refractivity contribution in [2.75, 3.05) is 77.7 Å². The van der Waals surface area contributed by atoms with Gasteiger partial charge in [-0.05, 0) is 115 Å². The summed E-state index contributed by atoms with van der Waals surface area (Å²) in [6.45, 7) is 21.1. The van der Waals surface area contributed by atoms with E-state index in [1.807, 2.05) is 58.4 Å². The van der Waals surface area contributed by atoms with E-state index in [0.29, 0.717) is 90.1 Å². The molecule has 0 radical (unpaired) electrons. The molecule has 0 saturated carbocycles. The number of fused-ring (bicyclic) bond motifs is 2. The van der Waals surface area contributed by atoms with Crippen molar-refractivity contribution in [2.24, 2.45) is 0 Å². The van der Waals surface area contributed by atoms with Gasteiger partial charge in [0, 0.05) is 85.2 Å². The molecular formula is C55H68ClN7O10. The van der Waals surface area contributed by atoms with E-state index in [2.05, 4.69) is 45.2 Å². The Bertz CT molecular complexity index is 2860. The Morgan fingerprint density at radius 2 is 1.56 bits per heavy atom. The molecule has 1 atom stereocenters. The molecule has 5 heterocycles. The lowest BCUT2D eigenvalue weighted by Crippen LogP contribution is -2.54. The summed E-state index contributed by atoms with van der Waals surface area (Å²) in [5.74, 6) is -1.77. The molecule has 0 aliphatic carbocycles. The van der Waals surface area contributed by atoms with Gasteiger partial charge in [-0.25, -0.2) is 4.79 Å². The van der Waals surface area contributed by atoms with Crippen molar-refractivity contribution in [1.82, 2.24) is 29.5 Å². The number of morpholine rings is 1. The third-order valence-electron chi connectivity index (χ3n) is 13.5. The second-order valence-electron chi connectivity index (χ2n) is 19.9. The first-order valence-corrected chi connectivity index (χ1v) is 25.8. The summed E-state index contributed by atoms with van der Waals surface area (Å²) in [5, 5.41) is 12.2. The summed E-state index contributed by atoms with van der Waals surface area (Å²) in [6.07, 6.45) is 2.13. The Balaban J connectivity index is 0.905. The molecule has 390 valence electrons. The van der Waals surface area contributed by atoms with Gasteiger partial charge in [-0.15, -0.1) is 0 Å². The van der Waals surface area contributed by atoms with Gasteiger partial charge in [-0.3, -0.25) is 39.0 Å². The van der Waals surface area contributed by atoms with Crippen LogP contribution in [0, 0.1) is 27.7 Å². The van der Waals surface area contributed by atoms with Crippen LogP contribution < -0.4 is 15.4 Å². The number of hydrogen-bond donors (Lipinski definition) is 2. The molecule has 2 N–H and O–H groups in total. The van der Waals surface area contributed by atoms with Gasteiger partial charge < -0.3 is 33.6 Å². The minimum absolute atomic E-state index is 0.0546. The molecule has 73 heavy (non-hydrogen) atoms. The smallest absolute Gasteiger partial charge is 0.355 e. The van der Waals surface area contributed by atoms with Gasteiger partial charge in [0.25, 0.3) is 11.8 Å². The summed E-state index contributed by atoms with van der Waals surface area (Å²) in [6, 6.07) is 14.2. The molecule has 4 amide bonds. The number of nitrogens with one attached hydrogen (secondary N) is 2. The van der Waals surface area contributed by atoms with Crippen molar-refractivity contribution in [3.8, 4) is 16.9 Å². The maximum atomic E-state index is 14.5. The number of piperidine rings is 1. The number of benzene rings is 3. The number of carbonyl (C=O) groups excluding carboxylic acids is 5. The number of aryl methyl sites for hydroxylation is 5. The van der Waals surface area contributed by atoms with Gasteiger partial charge in [0.2, 0.25) is 11.8 Å². The van der Waals surface area contributed by atoms with E-state index in [1.165, 1.54) is 0 Å². The SMILES string of the molecule is Cc1cc(OCCCc2c(C(=O)OC(C)(C)C)n(CCN3CCOCC3)c3c(-c4c(C)nn(CCCOCCOCCNc5cccc6c5C(=O)N(C5CCC(=O)NC5=O)C6=O)c4C)cccc23)cc(C)c1Cl. The second kappa shape index (κ2) is 23.4. The highest BCUT2D eigenvalue weighted by Crippen LogP contribution is 2.39. The number of esters is 1. The van der Waals surface area contributed by atoms with Gasteiger partial charge in [0.1, 0.15) is 23.1 Å². The van der Waals surface area contributed by atoms with Crippen LogP contribution in [-0.2, 0) is 48.0 Å². The highest BCUT2D eigenvalue weighted by molar-refractivity contribution is 6.32. The minimum atomic E-state index is -1.03.